The van der Waals surface area contributed by atoms with Gasteiger partial charge >= 0.3 is 0 Å². The summed E-state index contributed by atoms with van der Waals surface area (Å²) in [5, 5.41) is 3.67. The maximum Gasteiger partial charge on any atom is 0.105 e. The summed E-state index contributed by atoms with van der Waals surface area (Å²) in [6.45, 7) is 5.24. The van der Waals surface area contributed by atoms with Crippen LogP contribution >= 0.6 is 0 Å². The van der Waals surface area contributed by atoms with Crippen LogP contribution in [-0.2, 0) is 4.74 Å². The van der Waals surface area contributed by atoms with Crippen LogP contribution in [0.3, 0.4) is 0 Å². The van der Waals surface area contributed by atoms with Crippen molar-refractivity contribution in [1.29, 1.82) is 0 Å². The van der Waals surface area contributed by atoms with E-state index in [1.807, 2.05) is 6.08 Å². The molecule has 0 spiro atoms. The number of fused-ring (bicyclic) bond motifs is 3. The van der Waals surface area contributed by atoms with Gasteiger partial charge in [-0.1, -0.05) is 38.1 Å². The predicted octanol–water partition coefficient (Wildman–Crippen LogP) is 5.50. The van der Waals surface area contributed by atoms with E-state index in [-0.39, 0.29) is 23.9 Å². The molecule has 1 aromatic carbocycles. The van der Waals surface area contributed by atoms with Crippen molar-refractivity contribution < 1.29 is 9.13 Å². The summed E-state index contributed by atoms with van der Waals surface area (Å²) < 4.78 is 20.7. The fourth-order valence-corrected chi connectivity index (χ4v) is 4.42. The third kappa shape index (κ3) is 2.69. The zero-order chi connectivity index (χ0) is 16.7. The Labute approximate surface area is 143 Å². The van der Waals surface area contributed by atoms with E-state index in [9.17, 15) is 4.39 Å². The van der Waals surface area contributed by atoms with Gasteiger partial charge in [0, 0.05) is 35.7 Å². The quantitative estimate of drug-likeness (QED) is 0.774. The number of allylic oxidation sites excluding steroid dienone is 3. The summed E-state index contributed by atoms with van der Waals surface area (Å²) in [7, 11) is 0. The second-order valence-corrected chi connectivity index (χ2v) is 7.59. The number of benzene rings is 1. The van der Waals surface area contributed by atoms with E-state index in [1.54, 1.807) is 6.08 Å². The Balaban J connectivity index is 1.72. The topological polar surface area (TPSA) is 21.3 Å². The molecule has 1 aromatic rings. The van der Waals surface area contributed by atoms with Gasteiger partial charge in [-0.15, -0.1) is 0 Å². The first-order valence-electron chi connectivity index (χ1n) is 9.19. The molecule has 1 unspecified atom stereocenters. The minimum Gasteiger partial charge on any atom is -0.381 e. The summed E-state index contributed by atoms with van der Waals surface area (Å²) in [4.78, 5) is 0. The van der Waals surface area contributed by atoms with Crippen molar-refractivity contribution in [3.05, 3.63) is 53.4 Å². The van der Waals surface area contributed by atoms with Crippen LogP contribution in [0.2, 0.25) is 0 Å². The van der Waals surface area contributed by atoms with Crippen molar-refractivity contribution >= 4 is 5.69 Å². The number of hydrogen-bond acceptors (Lipinski definition) is 2. The van der Waals surface area contributed by atoms with Gasteiger partial charge in [-0.3, -0.25) is 0 Å². The molecule has 0 bridgehead atoms. The molecule has 1 N–H and O–H groups in total. The van der Waals surface area contributed by atoms with Gasteiger partial charge in [0.15, 0.2) is 0 Å². The molecule has 3 aliphatic rings. The Bertz CT molecular complexity index is 678. The van der Waals surface area contributed by atoms with Gasteiger partial charge in [-0.05, 0) is 42.9 Å². The zero-order valence-corrected chi connectivity index (χ0v) is 14.5. The molecule has 0 radical (unpaired) electrons. The highest BCUT2D eigenvalue weighted by Gasteiger charge is 2.43. The van der Waals surface area contributed by atoms with Gasteiger partial charge in [0.2, 0.25) is 0 Å². The third-order valence-electron chi connectivity index (χ3n) is 5.77. The molecular weight excluding hydrogens is 301 g/mol. The van der Waals surface area contributed by atoms with Gasteiger partial charge in [-0.2, -0.15) is 0 Å². The monoisotopic (exact) mass is 327 g/mol. The molecule has 0 saturated carbocycles. The van der Waals surface area contributed by atoms with Crippen LogP contribution in [-0.4, -0.2) is 12.6 Å². The summed E-state index contributed by atoms with van der Waals surface area (Å²) >= 11 is 0. The third-order valence-corrected chi connectivity index (χ3v) is 5.77. The number of nitrogens with one attached hydrogen (secondary N) is 1. The first-order valence-corrected chi connectivity index (χ1v) is 9.19. The van der Waals surface area contributed by atoms with Gasteiger partial charge in [0.1, 0.15) is 5.83 Å². The fourth-order valence-electron chi connectivity index (χ4n) is 4.42. The number of anilines is 1. The lowest BCUT2D eigenvalue weighted by atomic mass is 9.73. The van der Waals surface area contributed by atoms with Crippen molar-refractivity contribution in [2.24, 2.45) is 11.8 Å². The molecular formula is C21H26FNO. The average Bonchev–Trinajstić information content (AvgIpc) is 2.61. The van der Waals surface area contributed by atoms with Crippen molar-refractivity contribution in [2.75, 3.05) is 11.9 Å². The lowest BCUT2D eigenvalue weighted by Gasteiger charge is -2.46. The van der Waals surface area contributed by atoms with E-state index in [2.05, 4.69) is 43.4 Å². The van der Waals surface area contributed by atoms with Crippen molar-refractivity contribution in [3.8, 4) is 0 Å². The van der Waals surface area contributed by atoms with Crippen LogP contribution in [0.15, 0.2) is 42.3 Å². The summed E-state index contributed by atoms with van der Waals surface area (Å²) in [5.74, 6) is 0.756. The van der Waals surface area contributed by atoms with Crippen LogP contribution in [0.4, 0.5) is 10.1 Å². The van der Waals surface area contributed by atoms with Crippen LogP contribution in [0, 0.1) is 11.8 Å². The summed E-state index contributed by atoms with van der Waals surface area (Å²) in [6, 6.07) is 6.74. The molecule has 0 aromatic heterocycles. The molecule has 1 fully saturated rings. The van der Waals surface area contributed by atoms with E-state index in [0.29, 0.717) is 11.8 Å². The number of halogens is 1. The Morgan fingerprint density at radius 3 is 2.96 bits per heavy atom. The molecule has 24 heavy (non-hydrogen) atoms. The number of hydrogen-bond donors (Lipinski definition) is 1. The lowest BCUT2D eigenvalue weighted by molar-refractivity contribution is -0.0431. The summed E-state index contributed by atoms with van der Waals surface area (Å²) in [6.07, 6.45) is 8.54. The Morgan fingerprint density at radius 1 is 1.29 bits per heavy atom. The highest BCUT2D eigenvalue weighted by Crippen LogP contribution is 2.48. The molecule has 1 saturated heterocycles. The highest BCUT2D eigenvalue weighted by molar-refractivity contribution is 5.58. The Morgan fingerprint density at radius 2 is 2.17 bits per heavy atom. The maximum absolute atomic E-state index is 14.5. The zero-order valence-electron chi connectivity index (χ0n) is 14.5. The summed E-state index contributed by atoms with van der Waals surface area (Å²) in [5.41, 5.74) is 3.72. The van der Waals surface area contributed by atoms with E-state index in [4.69, 9.17) is 4.74 Å². The molecule has 2 nitrogen and oxygen atoms in total. The Kier molecular flexibility index (Phi) is 4.21. The average molecular weight is 327 g/mol. The van der Waals surface area contributed by atoms with E-state index < -0.39 is 0 Å². The molecule has 0 amide bonds. The highest BCUT2D eigenvalue weighted by atomic mass is 19.1. The van der Waals surface area contributed by atoms with E-state index in [0.717, 1.165) is 31.6 Å². The number of rotatable bonds is 2. The number of ether oxygens (including phenoxy) is 1. The molecule has 4 rings (SSSR count). The van der Waals surface area contributed by atoms with Crippen molar-refractivity contribution in [2.45, 2.75) is 51.2 Å². The van der Waals surface area contributed by atoms with Gasteiger partial charge < -0.3 is 10.1 Å². The van der Waals surface area contributed by atoms with Crippen LogP contribution in [0.5, 0.6) is 0 Å². The smallest absolute Gasteiger partial charge is 0.105 e. The molecule has 1 aliphatic carbocycles. The maximum atomic E-state index is 14.5. The molecule has 128 valence electrons. The van der Waals surface area contributed by atoms with Gasteiger partial charge in [-0.25, -0.2) is 4.39 Å². The standard InChI is InChI=1S/C21H26FNO/c1-13(2)14-9-10-19-17(12-14)21-16(7-5-11-24-21)20(23-19)15-6-3-4-8-18(15)22/h3-4,8-10,12-13,15-16,20-21,23H,5-7,11H2,1-2H3/t15?,16-,20-,21-/m0/s1. The van der Waals surface area contributed by atoms with Gasteiger partial charge in [0.05, 0.1) is 6.10 Å². The molecule has 2 aliphatic heterocycles. The van der Waals surface area contributed by atoms with Crippen molar-refractivity contribution in [3.63, 3.8) is 0 Å². The Hall–Kier alpha value is -1.61. The largest absolute Gasteiger partial charge is 0.381 e. The van der Waals surface area contributed by atoms with Crippen LogP contribution in [0.25, 0.3) is 0 Å². The van der Waals surface area contributed by atoms with Crippen LogP contribution in [0.1, 0.15) is 56.3 Å². The molecule has 4 atom stereocenters. The molecule has 3 heteroatoms. The predicted molar refractivity (Wildman–Crippen MR) is 95.8 cm³/mol. The first kappa shape index (κ1) is 15.9. The minimum absolute atomic E-state index is 0.00146. The first-order chi connectivity index (χ1) is 11.6. The van der Waals surface area contributed by atoms with Gasteiger partial charge in [0.25, 0.3) is 0 Å². The second-order valence-electron chi connectivity index (χ2n) is 7.59. The van der Waals surface area contributed by atoms with E-state index in [1.165, 1.54) is 11.1 Å². The lowest BCUT2D eigenvalue weighted by Crippen LogP contribution is -2.46. The van der Waals surface area contributed by atoms with E-state index >= 15 is 0 Å². The van der Waals surface area contributed by atoms with Crippen LogP contribution < -0.4 is 5.32 Å². The minimum atomic E-state index is -0.0814. The molecule has 2 heterocycles. The van der Waals surface area contributed by atoms with Crippen molar-refractivity contribution in [1.82, 2.24) is 0 Å². The second kappa shape index (κ2) is 6.36. The SMILES string of the molecule is CC(C)c1ccc2c(c1)[C@H]1OCCC[C@H]1[C@H](C1CC=CC=C1F)N2. The normalized spacial score (nSPS) is 31.9. The fraction of sp³-hybridized carbons (Fsp3) is 0.524.